The van der Waals surface area contributed by atoms with Crippen molar-refractivity contribution in [1.82, 2.24) is 14.9 Å². The fourth-order valence-corrected chi connectivity index (χ4v) is 2.88. The molecule has 2 aromatic rings. The molecule has 0 aliphatic carbocycles. The van der Waals surface area contributed by atoms with Crippen molar-refractivity contribution >= 4 is 11.5 Å². The van der Waals surface area contributed by atoms with E-state index in [-0.39, 0.29) is 0 Å². The molecule has 5 nitrogen and oxygen atoms in total. The molecule has 1 aromatic heterocycles. The van der Waals surface area contributed by atoms with Gasteiger partial charge in [-0.15, -0.1) is 0 Å². The Morgan fingerprint density at radius 1 is 1.00 bits per heavy atom. The number of aromatic nitrogens is 2. The van der Waals surface area contributed by atoms with Crippen molar-refractivity contribution in [1.29, 1.82) is 0 Å². The lowest BCUT2D eigenvalue weighted by molar-refractivity contribution is 0.249. The van der Waals surface area contributed by atoms with E-state index in [4.69, 9.17) is 5.73 Å². The van der Waals surface area contributed by atoms with Gasteiger partial charge in [-0.2, -0.15) is 0 Å². The molecule has 1 aromatic carbocycles. The van der Waals surface area contributed by atoms with Gasteiger partial charge in [0.25, 0.3) is 0 Å². The number of nitrogens with two attached hydrogens (primary N) is 1. The molecule has 3 rings (SSSR count). The third-order valence-electron chi connectivity index (χ3n) is 4.03. The minimum Gasteiger partial charge on any atom is -0.399 e. The second kappa shape index (κ2) is 6.32. The molecule has 0 atom stereocenters. The van der Waals surface area contributed by atoms with E-state index in [1.165, 1.54) is 5.56 Å². The van der Waals surface area contributed by atoms with Crippen molar-refractivity contribution < 1.29 is 0 Å². The van der Waals surface area contributed by atoms with E-state index in [0.29, 0.717) is 0 Å². The molecule has 0 radical (unpaired) electrons. The highest BCUT2D eigenvalue weighted by molar-refractivity contribution is 5.41. The molecular weight excluding hydrogens is 274 g/mol. The molecule has 0 bridgehead atoms. The predicted octanol–water partition coefficient (Wildman–Crippen LogP) is 2.00. The van der Waals surface area contributed by atoms with E-state index in [1.54, 1.807) is 0 Å². The summed E-state index contributed by atoms with van der Waals surface area (Å²) >= 11 is 0. The summed E-state index contributed by atoms with van der Waals surface area (Å²) in [5, 5.41) is 0. The number of hydrogen-bond donors (Lipinski definition) is 1. The lowest BCUT2D eigenvalue weighted by Gasteiger charge is -2.35. The van der Waals surface area contributed by atoms with Crippen LogP contribution in [0.4, 0.5) is 11.5 Å². The van der Waals surface area contributed by atoms with Gasteiger partial charge in [-0.1, -0.05) is 12.1 Å². The molecule has 0 spiro atoms. The van der Waals surface area contributed by atoms with E-state index >= 15 is 0 Å². The van der Waals surface area contributed by atoms with Gasteiger partial charge in [0, 0.05) is 50.2 Å². The molecule has 2 N–H and O–H groups in total. The van der Waals surface area contributed by atoms with Crippen LogP contribution < -0.4 is 10.6 Å². The van der Waals surface area contributed by atoms with Gasteiger partial charge in [-0.25, -0.2) is 9.97 Å². The molecule has 1 aliphatic heterocycles. The summed E-state index contributed by atoms with van der Waals surface area (Å²) in [5.74, 6) is 1.90. The molecule has 0 saturated carbocycles. The van der Waals surface area contributed by atoms with Crippen LogP contribution in [0.2, 0.25) is 0 Å². The number of rotatable bonds is 3. The number of piperazine rings is 1. The summed E-state index contributed by atoms with van der Waals surface area (Å²) in [4.78, 5) is 13.7. The molecule has 0 amide bonds. The van der Waals surface area contributed by atoms with Gasteiger partial charge < -0.3 is 10.6 Å². The maximum absolute atomic E-state index is 5.73. The summed E-state index contributed by atoms with van der Waals surface area (Å²) in [7, 11) is 0. The first kappa shape index (κ1) is 14.8. The van der Waals surface area contributed by atoms with Crippen LogP contribution in [-0.4, -0.2) is 41.0 Å². The highest BCUT2D eigenvalue weighted by Crippen LogP contribution is 2.16. The van der Waals surface area contributed by atoms with Crippen LogP contribution in [0.3, 0.4) is 0 Å². The number of benzene rings is 1. The van der Waals surface area contributed by atoms with E-state index in [2.05, 4.69) is 38.0 Å². The van der Waals surface area contributed by atoms with E-state index < -0.39 is 0 Å². The van der Waals surface area contributed by atoms with Crippen LogP contribution in [0.15, 0.2) is 30.3 Å². The molecule has 5 heteroatoms. The van der Waals surface area contributed by atoms with Gasteiger partial charge >= 0.3 is 0 Å². The smallest absolute Gasteiger partial charge is 0.132 e. The molecule has 1 saturated heterocycles. The SMILES string of the molecule is Cc1cc(N2CCN(Cc3ccc(N)cc3)CC2)nc(C)n1. The Kier molecular flexibility index (Phi) is 4.24. The third-order valence-corrected chi connectivity index (χ3v) is 4.03. The number of hydrogen-bond acceptors (Lipinski definition) is 5. The lowest BCUT2D eigenvalue weighted by Crippen LogP contribution is -2.46. The van der Waals surface area contributed by atoms with Crippen LogP contribution in [-0.2, 0) is 6.54 Å². The fraction of sp³-hybridized carbons (Fsp3) is 0.412. The Hall–Kier alpha value is -2.14. The topological polar surface area (TPSA) is 58.3 Å². The molecule has 0 unspecified atom stereocenters. The van der Waals surface area contributed by atoms with Gasteiger partial charge in [0.2, 0.25) is 0 Å². The van der Waals surface area contributed by atoms with Crippen molar-refractivity contribution in [3.8, 4) is 0 Å². The Morgan fingerprint density at radius 2 is 1.68 bits per heavy atom. The second-order valence-corrected chi connectivity index (χ2v) is 5.92. The largest absolute Gasteiger partial charge is 0.399 e. The number of anilines is 2. The molecule has 1 fully saturated rings. The fourth-order valence-electron chi connectivity index (χ4n) is 2.88. The number of nitrogens with zero attached hydrogens (tertiary/aromatic N) is 4. The van der Waals surface area contributed by atoms with Crippen LogP contribution in [0, 0.1) is 13.8 Å². The Morgan fingerprint density at radius 3 is 2.32 bits per heavy atom. The van der Waals surface area contributed by atoms with Crippen LogP contribution in [0.25, 0.3) is 0 Å². The maximum Gasteiger partial charge on any atom is 0.132 e. The zero-order chi connectivity index (χ0) is 15.5. The van der Waals surface area contributed by atoms with Crippen molar-refractivity contribution in [3.05, 3.63) is 47.4 Å². The van der Waals surface area contributed by atoms with Crippen LogP contribution >= 0.6 is 0 Å². The van der Waals surface area contributed by atoms with Crippen molar-refractivity contribution in [3.63, 3.8) is 0 Å². The highest BCUT2D eigenvalue weighted by atomic mass is 15.3. The quantitative estimate of drug-likeness (QED) is 0.878. The van der Waals surface area contributed by atoms with Gasteiger partial charge in [0.15, 0.2) is 0 Å². The summed E-state index contributed by atoms with van der Waals surface area (Å²) < 4.78 is 0. The minimum absolute atomic E-state index is 0.822. The van der Waals surface area contributed by atoms with E-state index in [9.17, 15) is 0 Å². The minimum atomic E-state index is 0.822. The van der Waals surface area contributed by atoms with Crippen LogP contribution in [0.1, 0.15) is 17.1 Å². The van der Waals surface area contributed by atoms with E-state index in [0.717, 1.165) is 55.7 Å². The van der Waals surface area contributed by atoms with Gasteiger partial charge in [0.05, 0.1) is 0 Å². The number of nitrogen functional groups attached to an aromatic ring is 1. The first-order valence-electron chi connectivity index (χ1n) is 7.74. The highest BCUT2D eigenvalue weighted by Gasteiger charge is 2.18. The summed E-state index contributed by atoms with van der Waals surface area (Å²) in [6.07, 6.45) is 0. The van der Waals surface area contributed by atoms with Gasteiger partial charge in [-0.3, -0.25) is 4.90 Å². The van der Waals surface area contributed by atoms with Gasteiger partial charge in [0.1, 0.15) is 11.6 Å². The summed E-state index contributed by atoms with van der Waals surface area (Å²) in [6, 6.07) is 10.2. The van der Waals surface area contributed by atoms with E-state index in [1.807, 2.05) is 26.0 Å². The zero-order valence-corrected chi connectivity index (χ0v) is 13.3. The first-order chi connectivity index (χ1) is 10.6. The summed E-state index contributed by atoms with van der Waals surface area (Å²) in [6.45, 7) is 9.06. The van der Waals surface area contributed by atoms with Gasteiger partial charge in [-0.05, 0) is 31.5 Å². The predicted molar refractivity (Wildman–Crippen MR) is 89.9 cm³/mol. The molecule has 2 heterocycles. The van der Waals surface area contributed by atoms with Crippen molar-refractivity contribution in [2.24, 2.45) is 0 Å². The number of aryl methyl sites for hydroxylation is 2. The summed E-state index contributed by atoms with van der Waals surface area (Å²) in [5.41, 5.74) is 8.91. The average molecular weight is 297 g/mol. The molecule has 1 aliphatic rings. The average Bonchev–Trinajstić information content (AvgIpc) is 2.49. The molecular formula is C17H23N5. The maximum atomic E-state index is 5.73. The van der Waals surface area contributed by atoms with Crippen molar-refractivity contribution in [2.45, 2.75) is 20.4 Å². The zero-order valence-electron chi connectivity index (χ0n) is 13.3. The first-order valence-corrected chi connectivity index (χ1v) is 7.74. The monoisotopic (exact) mass is 297 g/mol. The standard InChI is InChI=1S/C17H23N5/c1-13-11-17(20-14(2)19-13)22-9-7-21(8-10-22)12-15-3-5-16(18)6-4-15/h3-6,11H,7-10,12,18H2,1-2H3. The second-order valence-electron chi connectivity index (χ2n) is 5.92. The third kappa shape index (κ3) is 3.54. The molecule has 22 heavy (non-hydrogen) atoms. The Balaban J connectivity index is 1.59. The normalized spacial score (nSPS) is 16.0. The van der Waals surface area contributed by atoms with Crippen LogP contribution in [0.5, 0.6) is 0 Å². The Bertz CT molecular complexity index is 610. The lowest BCUT2D eigenvalue weighted by atomic mass is 10.2. The van der Waals surface area contributed by atoms with Crippen molar-refractivity contribution in [2.75, 3.05) is 36.8 Å². The molecule has 116 valence electrons. The Labute approximate surface area is 131 Å².